The molecule has 14 heavy (non-hydrogen) atoms. The Morgan fingerprint density at radius 2 is 2.00 bits per heavy atom. The number of esters is 1. The van der Waals surface area contributed by atoms with Crippen LogP contribution in [0.4, 0.5) is 0 Å². The second kappa shape index (κ2) is 5.27. The van der Waals surface area contributed by atoms with Gasteiger partial charge in [0.2, 0.25) is 0 Å². The van der Waals surface area contributed by atoms with Gasteiger partial charge in [-0.1, -0.05) is 11.6 Å². The summed E-state index contributed by atoms with van der Waals surface area (Å²) < 4.78 is 4.62. The molecule has 0 bridgehead atoms. The number of thioether (sulfide) groups is 1. The fraction of sp³-hybridized carbons (Fsp3) is 0.300. The van der Waals surface area contributed by atoms with Gasteiger partial charge in [-0.25, -0.2) is 0 Å². The van der Waals surface area contributed by atoms with Gasteiger partial charge < -0.3 is 4.74 Å². The van der Waals surface area contributed by atoms with E-state index in [-0.39, 0.29) is 11.2 Å². The number of halogens is 1. The molecule has 0 N–H and O–H groups in total. The summed E-state index contributed by atoms with van der Waals surface area (Å²) in [6.07, 6.45) is 0. The van der Waals surface area contributed by atoms with Crippen LogP contribution < -0.4 is 0 Å². The summed E-state index contributed by atoms with van der Waals surface area (Å²) in [7, 11) is 1.39. The second-order valence-corrected chi connectivity index (χ2v) is 4.59. The maximum atomic E-state index is 11.1. The third-order valence-electron chi connectivity index (χ3n) is 1.66. The van der Waals surface area contributed by atoms with Crippen molar-refractivity contribution in [3.8, 4) is 0 Å². The van der Waals surface area contributed by atoms with Crippen molar-refractivity contribution in [1.29, 1.82) is 0 Å². The minimum Gasteiger partial charge on any atom is -0.468 e. The molecule has 0 amide bonds. The summed E-state index contributed by atoms with van der Waals surface area (Å²) >= 11 is 7.19. The highest BCUT2D eigenvalue weighted by atomic mass is 35.5. The minimum atomic E-state index is -0.218. The van der Waals surface area contributed by atoms with Gasteiger partial charge in [0.15, 0.2) is 0 Å². The zero-order valence-corrected chi connectivity index (χ0v) is 9.56. The van der Waals surface area contributed by atoms with E-state index in [4.69, 9.17) is 11.6 Å². The topological polar surface area (TPSA) is 26.3 Å². The third kappa shape index (κ3) is 3.24. The SMILES string of the molecule is COC(=O)[C@@H](C)Sc1ccc(Cl)cc1. The zero-order valence-electron chi connectivity index (χ0n) is 7.99. The van der Waals surface area contributed by atoms with Gasteiger partial charge in [-0.15, -0.1) is 11.8 Å². The second-order valence-electron chi connectivity index (χ2n) is 2.74. The number of benzene rings is 1. The van der Waals surface area contributed by atoms with Crippen LogP contribution in [0, 0.1) is 0 Å². The molecule has 0 aliphatic heterocycles. The molecule has 1 atom stereocenters. The van der Waals surface area contributed by atoms with Gasteiger partial charge in [0.1, 0.15) is 5.25 Å². The van der Waals surface area contributed by atoms with Crippen LogP contribution in [0.25, 0.3) is 0 Å². The number of ether oxygens (including phenoxy) is 1. The number of methoxy groups -OCH3 is 1. The molecule has 1 aromatic carbocycles. The number of rotatable bonds is 3. The fourth-order valence-corrected chi connectivity index (χ4v) is 1.95. The van der Waals surface area contributed by atoms with Crippen LogP contribution in [0.1, 0.15) is 6.92 Å². The molecule has 0 saturated heterocycles. The molecule has 0 aromatic heterocycles. The maximum Gasteiger partial charge on any atom is 0.318 e. The van der Waals surface area contributed by atoms with Crippen LogP contribution in [0.15, 0.2) is 29.2 Å². The number of hydrogen-bond acceptors (Lipinski definition) is 3. The van der Waals surface area contributed by atoms with Gasteiger partial charge in [0.25, 0.3) is 0 Å². The van der Waals surface area contributed by atoms with E-state index in [9.17, 15) is 4.79 Å². The van der Waals surface area contributed by atoms with Gasteiger partial charge in [0.05, 0.1) is 7.11 Å². The lowest BCUT2D eigenvalue weighted by atomic mass is 10.4. The Bertz CT molecular complexity index is 310. The molecule has 0 aliphatic carbocycles. The van der Waals surface area contributed by atoms with E-state index in [0.717, 1.165) is 4.90 Å². The predicted molar refractivity (Wildman–Crippen MR) is 58.8 cm³/mol. The Morgan fingerprint density at radius 3 is 2.50 bits per heavy atom. The first-order valence-electron chi connectivity index (χ1n) is 4.13. The van der Waals surface area contributed by atoms with Crippen LogP contribution >= 0.6 is 23.4 Å². The molecule has 1 rings (SSSR count). The van der Waals surface area contributed by atoms with Crippen LogP contribution in [-0.2, 0) is 9.53 Å². The first kappa shape index (κ1) is 11.4. The van der Waals surface area contributed by atoms with Crippen molar-refractivity contribution in [1.82, 2.24) is 0 Å². The Hall–Kier alpha value is -0.670. The molecule has 0 unspecified atom stereocenters. The van der Waals surface area contributed by atoms with Crippen molar-refractivity contribution >= 4 is 29.3 Å². The van der Waals surface area contributed by atoms with E-state index in [0.29, 0.717) is 5.02 Å². The summed E-state index contributed by atoms with van der Waals surface area (Å²) in [4.78, 5) is 12.1. The van der Waals surface area contributed by atoms with Crippen LogP contribution in [0.5, 0.6) is 0 Å². The normalized spacial score (nSPS) is 12.2. The summed E-state index contributed by atoms with van der Waals surface area (Å²) in [5.41, 5.74) is 0. The first-order valence-corrected chi connectivity index (χ1v) is 5.39. The van der Waals surface area contributed by atoms with Gasteiger partial charge in [-0.3, -0.25) is 4.79 Å². The van der Waals surface area contributed by atoms with E-state index in [1.54, 1.807) is 12.1 Å². The molecule has 0 radical (unpaired) electrons. The fourth-order valence-electron chi connectivity index (χ4n) is 0.931. The monoisotopic (exact) mass is 230 g/mol. The highest BCUT2D eigenvalue weighted by Crippen LogP contribution is 2.25. The lowest BCUT2D eigenvalue weighted by Gasteiger charge is -2.08. The van der Waals surface area contributed by atoms with Crippen molar-refractivity contribution < 1.29 is 9.53 Å². The largest absolute Gasteiger partial charge is 0.468 e. The molecular weight excluding hydrogens is 220 g/mol. The zero-order chi connectivity index (χ0) is 10.6. The highest BCUT2D eigenvalue weighted by molar-refractivity contribution is 8.00. The van der Waals surface area contributed by atoms with E-state index in [1.807, 2.05) is 19.1 Å². The maximum absolute atomic E-state index is 11.1. The summed E-state index contributed by atoms with van der Waals surface area (Å²) in [5, 5.41) is 0.501. The van der Waals surface area contributed by atoms with Crippen molar-refractivity contribution in [2.24, 2.45) is 0 Å². The molecule has 0 saturated carbocycles. The molecule has 1 aromatic rings. The Morgan fingerprint density at radius 1 is 1.43 bits per heavy atom. The summed E-state index contributed by atoms with van der Waals surface area (Å²) in [6.45, 7) is 1.81. The number of carbonyl (C=O) groups is 1. The van der Waals surface area contributed by atoms with Crippen molar-refractivity contribution in [2.75, 3.05) is 7.11 Å². The van der Waals surface area contributed by atoms with E-state index < -0.39 is 0 Å². The highest BCUT2D eigenvalue weighted by Gasteiger charge is 2.13. The standard InChI is InChI=1S/C10H11ClO2S/c1-7(10(12)13-2)14-9-5-3-8(11)4-6-9/h3-7H,1-2H3/t7-/m1/s1. The Kier molecular flexibility index (Phi) is 4.29. The van der Waals surface area contributed by atoms with Crippen molar-refractivity contribution in [3.05, 3.63) is 29.3 Å². The Labute approximate surface area is 92.6 Å². The smallest absolute Gasteiger partial charge is 0.318 e. The van der Waals surface area contributed by atoms with E-state index >= 15 is 0 Å². The molecule has 0 fully saturated rings. The van der Waals surface area contributed by atoms with E-state index in [1.165, 1.54) is 18.9 Å². The van der Waals surface area contributed by atoms with Gasteiger partial charge in [0, 0.05) is 9.92 Å². The minimum absolute atomic E-state index is 0.193. The number of hydrogen-bond donors (Lipinski definition) is 0. The summed E-state index contributed by atoms with van der Waals surface area (Å²) in [6, 6.07) is 7.36. The predicted octanol–water partition coefficient (Wildman–Crippen LogP) is 2.99. The van der Waals surface area contributed by atoms with Gasteiger partial charge in [-0.05, 0) is 31.2 Å². The molecule has 76 valence electrons. The number of carbonyl (C=O) groups excluding carboxylic acids is 1. The lowest BCUT2D eigenvalue weighted by Crippen LogP contribution is -2.14. The van der Waals surface area contributed by atoms with E-state index in [2.05, 4.69) is 4.74 Å². The molecule has 0 heterocycles. The molecule has 0 aliphatic rings. The van der Waals surface area contributed by atoms with Gasteiger partial charge in [-0.2, -0.15) is 0 Å². The Balaban J connectivity index is 2.60. The lowest BCUT2D eigenvalue weighted by molar-refractivity contribution is -0.139. The first-order chi connectivity index (χ1) is 6.63. The quantitative estimate of drug-likeness (QED) is 0.590. The molecular formula is C10H11ClO2S. The molecule has 0 spiro atoms. The van der Waals surface area contributed by atoms with Crippen LogP contribution in [0.2, 0.25) is 5.02 Å². The van der Waals surface area contributed by atoms with Crippen molar-refractivity contribution in [3.63, 3.8) is 0 Å². The molecule has 2 nitrogen and oxygen atoms in total. The van der Waals surface area contributed by atoms with Crippen molar-refractivity contribution in [2.45, 2.75) is 17.1 Å². The average molecular weight is 231 g/mol. The van der Waals surface area contributed by atoms with Crippen LogP contribution in [-0.4, -0.2) is 18.3 Å². The van der Waals surface area contributed by atoms with Gasteiger partial charge >= 0.3 is 5.97 Å². The van der Waals surface area contributed by atoms with Crippen LogP contribution in [0.3, 0.4) is 0 Å². The average Bonchev–Trinajstić information content (AvgIpc) is 2.20. The summed E-state index contributed by atoms with van der Waals surface area (Å²) in [5.74, 6) is -0.218. The third-order valence-corrected chi connectivity index (χ3v) is 3.00. The molecule has 4 heteroatoms.